The van der Waals surface area contributed by atoms with Gasteiger partial charge in [0.25, 0.3) is 5.91 Å². The largest absolute Gasteiger partial charge is 0.304 e. The van der Waals surface area contributed by atoms with Crippen LogP contribution in [0.15, 0.2) is 54.6 Å². The Hall–Kier alpha value is -2.76. The van der Waals surface area contributed by atoms with Crippen LogP contribution in [0.1, 0.15) is 15.9 Å². The van der Waals surface area contributed by atoms with Crippen molar-refractivity contribution in [3.05, 3.63) is 65.7 Å². The molecule has 1 fully saturated rings. The van der Waals surface area contributed by atoms with Crippen LogP contribution in [0.4, 0.5) is 0 Å². The maximum atomic E-state index is 13.2. The monoisotopic (exact) mass is 360 g/mol. The van der Waals surface area contributed by atoms with Crippen LogP contribution < -0.4 is 5.43 Å². The van der Waals surface area contributed by atoms with E-state index in [9.17, 15) is 4.79 Å². The molecule has 4 rings (SSSR count). The molecular weight excluding hydrogens is 336 g/mol. The van der Waals surface area contributed by atoms with Crippen LogP contribution in [-0.2, 0) is 0 Å². The average Bonchev–Trinajstić information content (AvgIpc) is 2.70. The summed E-state index contributed by atoms with van der Waals surface area (Å²) in [6.45, 7) is 5.55. The number of fused-ring (bicyclic) bond motifs is 1. The zero-order chi connectivity index (χ0) is 18.8. The van der Waals surface area contributed by atoms with E-state index in [1.165, 1.54) is 0 Å². The van der Waals surface area contributed by atoms with E-state index in [1.54, 1.807) is 0 Å². The summed E-state index contributed by atoms with van der Waals surface area (Å²) in [7, 11) is 2.10. The van der Waals surface area contributed by atoms with Gasteiger partial charge in [-0.15, -0.1) is 0 Å². The van der Waals surface area contributed by atoms with E-state index in [-0.39, 0.29) is 5.91 Å². The maximum absolute atomic E-state index is 13.2. The summed E-state index contributed by atoms with van der Waals surface area (Å²) in [5.41, 5.74) is 7.44. The summed E-state index contributed by atoms with van der Waals surface area (Å²) in [6, 6.07) is 17.9. The first-order chi connectivity index (χ1) is 13.1. The minimum Gasteiger partial charge on any atom is -0.304 e. The van der Waals surface area contributed by atoms with Gasteiger partial charge in [0.2, 0.25) is 0 Å². The smallest absolute Gasteiger partial charge is 0.266 e. The Morgan fingerprint density at radius 2 is 1.63 bits per heavy atom. The lowest BCUT2D eigenvalue weighted by molar-refractivity contribution is 0.0663. The Labute approximate surface area is 159 Å². The van der Waals surface area contributed by atoms with E-state index in [2.05, 4.69) is 17.4 Å². The number of pyridine rings is 1. The molecule has 27 heavy (non-hydrogen) atoms. The molecule has 1 aliphatic rings. The summed E-state index contributed by atoms with van der Waals surface area (Å²) in [5.74, 6) is -0.0622. The summed E-state index contributed by atoms with van der Waals surface area (Å²) < 4.78 is 0. The number of piperazine rings is 1. The Kier molecular flexibility index (Phi) is 4.88. The predicted octanol–water partition coefficient (Wildman–Crippen LogP) is 3.10. The Balaban J connectivity index is 1.76. The van der Waals surface area contributed by atoms with Gasteiger partial charge in [-0.2, -0.15) is 0 Å². The molecule has 2 heterocycles. The molecule has 0 aliphatic carbocycles. The molecule has 0 saturated carbocycles. The van der Waals surface area contributed by atoms with Crippen LogP contribution >= 0.6 is 0 Å². The van der Waals surface area contributed by atoms with Crippen molar-refractivity contribution >= 4 is 16.8 Å². The summed E-state index contributed by atoms with van der Waals surface area (Å²) >= 11 is 0. The van der Waals surface area contributed by atoms with Crippen LogP contribution in [0.2, 0.25) is 0 Å². The number of aromatic nitrogens is 1. The van der Waals surface area contributed by atoms with Gasteiger partial charge < -0.3 is 4.90 Å². The van der Waals surface area contributed by atoms with Crippen molar-refractivity contribution in [2.24, 2.45) is 0 Å². The van der Waals surface area contributed by atoms with Crippen molar-refractivity contribution < 1.29 is 4.79 Å². The van der Waals surface area contributed by atoms with Crippen LogP contribution in [-0.4, -0.2) is 54.0 Å². The highest BCUT2D eigenvalue weighted by Crippen LogP contribution is 2.29. The van der Waals surface area contributed by atoms with Crippen LogP contribution in [0.5, 0.6) is 0 Å². The highest BCUT2D eigenvalue weighted by atomic mass is 16.2. The molecule has 0 atom stereocenters. The molecule has 1 N–H and O–H groups in total. The Morgan fingerprint density at radius 1 is 0.963 bits per heavy atom. The van der Waals surface area contributed by atoms with Crippen molar-refractivity contribution in [1.29, 1.82) is 0 Å². The van der Waals surface area contributed by atoms with Gasteiger partial charge in [0, 0.05) is 37.1 Å². The Morgan fingerprint density at radius 3 is 2.37 bits per heavy atom. The number of hydrazine groups is 1. The second-order valence-corrected chi connectivity index (χ2v) is 7.07. The molecule has 5 heteroatoms. The molecule has 0 unspecified atom stereocenters. The van der Waals surface area contributed by atoms with E-state index in [0.29, 0.717) is 5.56 Å². The predicted molar refractivity (Wildman–Crippen MR) is 108 cm³/mol. The number of para-hydroxylation sites is 1. The number of carbonyl (C=O) groups excluding carboxylic acids is 1. The molecular formula is C22H24N4O. The van der Waals surface area contributed by atoms with Crippen molar-refractivity contribution in [3.63, 3.8) is 0 Å². The molecule has 2 aromatic carbocycles. The molecule has 138 valence electrons. The van der Waals surface area contributed by atoms with Crippen molar-refractivity contribution in [3.8, 4) is 11.3 Å². The van der Waals surface area contributed by atoms with Crippen molar-refractivity contribution in [1.82, 2.24) is 20.3 Å². The van der Waals surface area contributed by atoms with Crippen molar-refractivity contribution in [2.75, 3.05) is 33.2 Å². The maximum Gasteiger partial charge on any atom is 0.266 e. The molecule has 1 amide bonds. The van der Waals surface area contributed by atoms with E-state index in [0.717, 1.165) is 53.9 Å². The van der Waals surface area contributed by atoms with E-state index in [4.69, 9.17) is 4.98 Å². The topological polar surface area (TPSA) is 48.5 Å². The van der Waals surface area contributed by atoms with Gasteiger partial charge in [0.15, 0.2) is 0 Å². The van der Waals surface area contributed by atoms with Gasteiger partial charge in [-0.05, 0) is 25.6 Å². The molecule has 0 bridgehead atoms. The minimum atomic E-state index is -0.0622. The molecule has 0 radical (unpaired) electrons. The zero-order valence-corrected chi connectivity index (χ0v) is 15.8. The molecule has 1 aliphatic heterocycles. The third kappa shape index (κ3) is 3.56. The molecule has 5 nitrogen and oxygen atoms in total. The summed E-state index contributed by atoms with van der Waals surface area (Å²) in [5, 5.41) is 2.90. The number of amides is 1. The number of nitrogens with one attached hydrogen (secondary N) is 1. The first kappa shape index (κ1) is 17.6. The fourth-order valence-corrected chi connectivity index (χ4v) is 3.59. The number of nitrogens with zero attached hydrogens (tertiary/aromatic N) is 3. The second kappa shape index (κ2) is 7.47. The summed E-state index contributed by atoms with van der Waals surface area (Å²) in [4.78, 5) is 20.3. The van der Waals surface area contributed by atoms with Crippen LogP contribution in [0.25, 0.3) is 22.2 Å². The number of carbonyl (C=O) groups is 1. The molecule has 0 spiro atoms. The first-order valence-electron chi connectivity index (χ1n) is 9.33. The van der Waals surface area contributed by atoms with Crippen LogP contribution in [0, 0.1) is 6.92 Å². The lowest BCUT2D eigenvalue weighted by Gasteiger charge is -2.32. The third-order valence-corrected chi connectivity index (χ3v) is 5.17. The minimum absolute atomic E-state index is 0.0622. The third-order valence-electron chi connectivity index (χ3n) is 5.17. The standard InChI is InChI=1S/C22H24N4O/c1-16-20(22(27)24-26-14-12-25(2)13-15-26)18-10-6-7-11-19(18)23-21(16)17-8-4-3-5-9-17/h3-11H,12-15H2,1-2H3,(H,24,27). The molecule has 1 saturated heterocycles. The fraction of sp³-hybridized carbons (Fsp3) is 0.273. The van der Waals surface area contributed by atoms with Crippen LogP contribution in [0.3, 0.4) is 0 Å². The lowest BCUT2D eigenvalue weighted by atomic mass is 9.97. The molecule has 3 aromatic rings. The van der Waals surface area contributed by atoms with Gasteiger partial charge in [-0.1, -0.05) is 48.5 Å². The van der Waals surface area contributed by atoms with Gasteiger partial charge in [-0.25, -0.2) is 9.99 Å². The van der Waals surface area contributed by atoms with E-state index >= 15 is 0 Å². The highest BCUT2D eigenvalue weighted by Gasteiger charge is 2.22. The number of rotatable bonds is 3. The lowest BCUT2D eigenvalue weighted by Crippen LogP contribution is -2.52. The number of benzene rings is 2. The number of hydrogen-bond donors (Lipinski definition) is 1. The normalized spacial score (nSPS) is 15.8. The number of likely N-dealkylation sites (N-methyl/N-ethyl adjacent to an activating group) is 1. The second-order valence-electron chi connectivity index (χ2n) is 7.07. The van der Waals surface area contributed by atoms with E-state index < -0.39 is 0 Å². The van der Waals surface area contributed by atoms with Crippen molar-refractivity contribution in [2.45, 2.75) is 6.92 Å². The zero-order valence-electron chi connectivity index (χ0n) is 15.8. The SMILES string of the molecule is Cc1c(-c2ccccc2)nc2ccccc2c1C(=O)NN1CCN(C)CC1. The fourth-order valence-electron chi connectivity index (χ4n) is 3.59. The Bertz CT molecular complexity index is 963. The highest BCUT2D eigenvalue weighted by molar-refractivity contribution is 6.08. The number of hydrogen-bond acceptors (Lipinski definition) is 4. The van der Waals surface area contributed by atoms with Gasteiger partial charge in [0.05, 0.1) is 16.8 Å². The average molecular weight is 360 g/mol. The quantitative estimate of drug-likeness (QED) is 0.780. The van der Waals surface area contributed by atoms with E-state index in [1.807, 2.05) is 66.5 Å². The summed E-state index contributed by atoms with van der Waals surface area (Å²) in [6.07, 6.45) is 0. The van der Waals surface area contributed by atoms with Gasteiger partial charge >= 0.3 is 0 Å². The molecule has 1 aromatic heterocycles. The van der Waals surface area contributed by atoms with Gasteiger partial charge in [-0.3, -0.25) is 10.2 Å². The van der Waals surface area contributed by atoms with Gasteiger partial charge in [0.1, 0.15) is 0 Å². The first-order valence-corrected chi connectivity index (χ1v) is 9.33.